The number of anilines is 1. The van der Waals surface area contributed by atoms with Crippen LogP contribution in [0.5, 0.6) is 0 Å². The highest BCUT2D eigenvalue weighted by Crippen LogP contribution is 2.20. The van der Waals surface area contributed by atoms with Gasteiger partial charge in [0.2, 0.25) is 0 Å². The Morgan fingerprint density at radius 2 is 2.07 bits per heavy atom. The molecular weight excluding hydrogens is 360 g/mol. The molecule has 27 heavy (non-hydrogen) atoms. The van der Waals surface area contributed by atoms with E-state index in [1.165, 1.54) is 0 Å². The normalized spacial score (nSPS) is 10.6. The van der Waals surface area contributed by atoms with Crippen molar-refractivity contribution in [1.29, 1.82) is 0 Å². The fraction of sp³-hybridized carbons (Fsp3) is 0.263. The van der Waals surface area contributed by atoms with Crippen LogP contribution in [0.3, 0.4) is 0 Å². The van der Waals surface area contributed by atoms with Crippen LogP contribution in [0.4, 0.5) is 5.69 Å². The Morgan fingerprint density at radius 1 is 1.22 bits per heavy atom. The molecule has 8 heteroatoms. The van der Waals surface area contributed by atoms with Crippen LogP contribution in [-0.2, 0) is 19.3 Å². The molecule has 0 aliphatic carbocycles. The Balaban J connectivity index is 1.59. The third-order valence-corrected chi connectivity index (χ3v) is 5.14. The van der Waals surface area contributed by atoms with E-state index < -0.39 is 0 Å². The SMILES string of the molecule is CN(C)c1cccc(C(=O)NCc2nnc(SCc3cccnc3)n2C)c1. The van der Waals surface area contributed by atoms with Crippen molar-refractivity contribution in [2.24, 2.45) is 7.05 Å². The minimum atomic E-state index is -0.133. The predicted octanol–water partition coefficient (Wildman–Crippen LogP) is 2.50. The van der Waals surface area contributed by atoms with Crippen molar-refractivity contribution < 1.29 is 4.79 Å². The van der Waals surface area contributed by atoms with E-state index in [4.69, 9.17) is 0 Å². The van der Waals surface area contributed by atoms with Crippen molar-refractivity contribution >= 4 is 23.4 Å². The molecule has 3 aromatic rings. The molecule has 0 atom stereocenters. The fourth-order valence-electron chi connectivity index (χ4n) is 2.44. The molecule has 0 unspecified atom stereocenters. The van der Waals surface area contributed by atoms with Crippen LogP contribution < -0.4 is 10.2 Å². The maximum absolute atomic E-state index is 12.4. The van der Waals surface area contributed by atoms with E-state index >= 15 is 0 Å². The maximum Gasteiger partial charge on any atom is 0.251 e. The lowest BCUT2D eigenvalue weighted by atomic mass is 10.2. The summed E-state index contributed by atoms with van der Waals surface area (Å²) in [5.74, 6) is 1.34. The summed E-state index contributed by atoms with van der Waals surface area (Å²) in [6.07, 6.45) is 3.60. The second-order valence-electron chi connectivity index (χ2n) is 6.24. The second-order valence-corrected chi connectivity index (χ2v) is 7.18. The summed E-state index contributed by atoms with van der Waals surface area (Å²) in [7, 11) is 5.79. The lowest BCUT2D eigenvalue weighted by molar-refractivity contribution is 0.0949. The molecule has 0 spiro atoms. The minimum Gasteiger partial charge on any atom is -0.378 e. The van der Waals surface area contributed by atoms with Crippen LogP contribution in [0.25, 0.3) is 0 Å². The molecule has 0 fully saturated rings. The van der Waals surface area contributed by atoms with Crippen LogP contribution in [0.2, 0.25) is 0 Å². The average Bonchev–Trinajstić information content (AvgIpc) is 3.05. The quantitative estimate of drug-likeness (QED) is 0.633. The first-order chi connectivity index (χ1) is 13.0. The van der Waals surface area contributed by atoms with E-state index in [-0.39, 0.29) is 5.91 Å². The molecule has 2 aromatic heterocycles. The van der Waals surface area contributed by atoms with Gasteiger partial charge in [0.05, 0.1) is 6.54 Å². The van der Waals surface area contributed by atoms with Gasteiger partial charge in [0.1, 0.15) is 0 Å². The van der Waals surface area contributed by atoms with Gasteiger partial charge in [0, 0.05) is 50.5 Å². The van der Waals surface area contributed by atoms with E-state index in [1.807, 2.05) is 67.1 Å². The summed E-state index contributed by atoms with van der Waals surface area (Å²) < 4.78 is 1.90. The van der Waals surface area contributed by atoms with Gasteiger partial charge in [-0.3, -0.25) is 9.78 Å². The molecular formula is C19H22N6OS. The number of hydrogen-bond acceptors (Lipinski definition) is 6. The number of pyridine rings is 1. The van der Waals surface area contributed by atoms with Crippen LogP contribution >= 0.6 is 11.8 Å². The Kier molecular flexibility index (Phi) is 6.08. The molecule has 2 heterocycles. The molecule has 0 bridgehead atoms. The number of nitrogens with one attached hydrogen (secondary N) is 1. The summed E-state index contributed by atoms with van der Waals surface area (Å²) in [5, 5.41) is 12.1. The number of benzene rings is 1. The summed E-state index contributed by atoms with van der Waals surface area (Å²) in [4.78, 5) is 18.5. The third-order valence-electron chi connectivity index (χ3n) is 4.05. The first-order valence-corrected chi connectivity index (χ1v) is 9.48. The van der Waals surface area contributed by atoms with E-state index in [9.17, 15) is 4.79 Å². The van der Waals surface area contributed by atoms with Gasteiger partial charge in [-0.1, -0.05) is 23.9 Å². The minimum absolute atomic E-state index is 0.133. The molecule has 3 rings (SSSR count). The number of rotatable bonds is 7. The molecule has 1 aromatic carbocycles. The molecule has 1 N–H and O–H groups in total. The van der Waals surface area contributed by atoms with Crippen LogP contribution in [-0.4, -0.2) is 39.8 Å². The van der Waals surface area contributed by atoms with Gasteiger partial charge in [-0.25, -0.2) is 0 Å². The van der Waals surface area contributed by atoms with E-state index in [2.05, 4.69) is 20.5 Å². The number of nitrogens with zero attached hydrogens (tertiary/aromatic N) is 5. The number of carbonyl (C=O) groups excluding carboxylic acids is 1. The van der Waals surface area contributed by atoms with Crippen molar-refractivity contribution in [1.82, 2.24) is 25.1 Å². The first-order valence-electron chi connectivity index (χ1n) is 8.50. The van der Waals surface area contributed by atoms with Gasteiger partial charge >= 0.3 is 0 Å². The number of thioether (sulfide) groups is 1. The van der Waals surface area contributed by atoms with Crippen LogP contribution in [0, 0.1) is 0 Å². The van der Waals surface area contributed by atoms with Gasteiger partial charge < -0.3 is 14.8 Å². The topological polar surface area (TPSA) is 75.9 Å². The van der Waals surface area contributed by atoms with Gasteiger partial charge in [-0.05, 0) is 29.8 Å². The van der Waals surface area contributed by atoms with E-state index in [1.54, 1.807) is 24.0 Å². The molecule has 0 aliphatic heterocycles. The highest BCUT2D eigenvalue weighted by atomic mass is 32.2. The smallest absolute Gasteiger partial charge is 0.251 e. The fourth-order valence-corrected chi connectivity index (χ4v) is 3.31. The number of carbonyl (C=O) groups is 1. The zero-order valence-electron chi connectivity index (χ0n) is 15.6. The Morgan fingerprint density at radius 3 is 2.81 bits per heavy atom. The lowest BCUT2D eigenvalue weighted by Gasteiger charge is -2.13. The van der Waals surface area contributed by atoms with Crippen molar-refractivity contribution in [2.75, 3.05) is 19.0 Å². The van der Waals surface area contributed by atoms with Gasteiger partial charge in [0.15, 0.2) is 11.0 Å². The zero-order valence-corrected chi connectivity index (χ0v) is 16.4. The number of amides is 1. The molecule has 140 valence electrons. The Labute approximate surface area is 162 Å². The van der Waals surface area contributed by atoms with Crippen molar-refractivity contribution in [3.63, 3.8) is 0 Å². The summed E-state index contributed by atoms with van der Waals surface area (Å²) in [6, 6.07) is 11.4. The second kappa shape index (κ2) is 8.68. The van der Waals surface area contributed by atoms with Crippen molar-refractivity contribution in [3.8, 4) is 0 Å². The Hall–Kier alpha value is -2.87. The predicted molar refractivity (Wildman–Crippen MR) is 107 cm³/mol. The molecule has 0 aliphatic rings. The Bertz CT molecular complexity index is 910. The zero-order chi connectivity index (χ0) is 19.2. The maximum atomic E-state index is 12.4. The van der Waals surface area contributed by atoms with Crippen molar-refractivity contribution in [3.05, 3.63) is 65.7 Å². The van der Waals surface area contributed by atoms with Gasteiger partial charge in [-0.2, -0.15) is 0 Å². The van der Waals surface area contributed by atoms with E-state index in [0.29, 0.717) is 17.9 Å². The lowest BCUT2D eigenvalue weighted by Crippen LogP contribution is -2.24. The van der Waals surface area contributed by atoms with Gasteiger partial charge in [-0.15, -0.1) is 10.2 Å². The molecule has 0 radical (unpaired) electrons. The molecule has 0 saturated heterocycles. The van der Waals surface area contributed by atoms with Crippen LogP contribution in [0.15, 0.2) is 53.9 Å². The standard InChI is InChI=1S/C19H22N6OS/c1-24(2)16-8-4-7-15(10-16)18(26)21-12-17-22-23-19(25(17)3)27-13-14-6-5-9-20-11-14/h4-11H,12-13H2,1-3H3,(H,21,26). The third kappa shape index (κ3) is 4.85. The molecule has 7 nitrogen and oxygen atoms in total. The summed E-state index contributed by atoms with van der Waals surface area (Å²) >= 11 is 1.59. The van der Waals surface area contributed by atoms with Gasteiger partial charge in [0.25, 0.3) is 5.91 Å². The summed E-state index contributed by atoms with van der Waals surface area (Å²) in [6.45, 7) is 0.321. The monoisotopic (exact) mass is 382 g/mol. The highest BCUT2D eigenvalue weighted by Gasteiger charge is 2.12. The van der Waals surface area contributed by atoms with Crippen molar-refractivity contribution in [2.45, 2.75) is 17.5 Å². The number of hydrogen-bond donors (Lipinski definition) is 1. The first kappa shape index (κ1) is 18.9. The van der Waals surface area contributed by atoms with Crippen LogP contribution in [0.1, 0.15) is 21.7 Å². The number of aromatic nitrogens is 4. The summed E-state index contributed by atoms with van der Waals surface area (Å²) in [5.41, 5.74) is 2.73. The highest BCUT2D eigenvalue weighted by molar-refractivity contribution is 7.98. The van der Waals surface area contributed by atoms with E-state index in [0.717, 1.165) is 22.2 Å². The molecule has 0 saturated carbocycles. The molecule has 1 amide bonds. The average molecular weight is 382 g/mol. The largest absolute Gasteiger partial charge is 0.378 e.